The lowest BCUT2D eigenvalue weighted by atomic mass is 10.0. The number of carbonyl (C=O) groups is 1. The van der Waals surface area contributed by atoms with Gasteiger partial charge in [-0.15, -0.1) is 23.5 Å². The Morgan fingerprint density at radius 1 is 0.806 bits per heavy atom. The molecule has 2 heterocycles. The largest absolute Gasteiger partial charge is 0.471 e. The van der Waals surface area contributed by atoms with Gasteiger partial charge < -0.3 is 23.7 Å². The molecule has 194 valence electrons. The number of methoxy groups -OCH3 is 2. The molecule has 0 amide bonds. The molecular weight excluding hydrogens is 496 g/mol. The molecule has 0 aliphatic carbocycles. The lowest BCUT2D eigenvalue weighted by Gasteiger charge is -2.17. The van der Waals surface area contributed by atoms with Gasteiger partial charge in [0.2, 0.25) is 0 Å². The molecule has 0 saturated carbocycles. The Hall–Kier alpha value is -2.33. The zero-order valence-electron chi connectivity index (χ0n) is 21.4. The van der Waals surface area contributed by atoms with Crippen LogP contribution in [0.15, 0.2) is 68.3 Å². The van der Waals surface area contributed by atoms with Crippen molar-refractivity contribution in [3.05, 3.63) is 59.7 Å². The van der Waals surface area contributed by atoms with Gasteiger partial charge in [-0.3, -0.25) is 0 Å². The summed E-state index contributed by atoms with van der Waals surface area (Å²) in [4.78, 5) is 21.9. The molecule has 0 aromatic heterocycles. The molecule has 7 nitrogen and oxygen atoms in total. The number of hydrogen-bond donors (Lipinski definition) is 0. The maximum Gasteiger partial charge on any atom is 0.191 e. The zero-order valence-corrected chi connectivity index (χ0v) is 23.0. The van der Waals surface area contributed by atoms with Gasteiger partial charge in [0, 0.05) is 30.9 Å². The van der Waals surface area contributed by atoms with Crippen LogP contribution in [0.5, 0.6) is 0 Å². The molecule has 0 spiro atoms. The van der Waals surface area contributed by atoms with Gasteiger partial charge in [-0.25, -0.2) is 9.98 Å². The number of nitrogens with zero attached hydrogens (tertiary/aromatic N) is 2. The lowest BCUT2D eigenvalue weighted by Crippen LogP contribution is -2.19. The number of benzene rings is 2. The van der Waals surface area contributed by atoms with Crippen LogP contribution in [0.1, 0.15) is 36.7 Å². The van der Waals surface area contributed by atoms with E-state index in [2.05, 4.69) is 52.6 Å². The standard InChI is InChI=1S/C14H17NO3S.C13H17NO2S/c1-17-9-12-14(18-13(15-12)7-8-16)10-3-5-11(19-2)6-4-10;1-9-14-12(8-15-2)13(16-9)10-4-6-11(17-3)7-5-10/h3-6,8,12,14H,7,9H2,1-2H3;4-7,12-13H,8H2,1-3H3/t12-,14-;12-,13-/m00/s1. The van der Waals surface area contributed by atoms with Crippen molar-refractivity contribution in [2.75, 3.05) is 39.9 Å². The first kappa shape index (κ1) is 28.2. The molecule has 0 fully saturated rings. The van der Waals surface area contributed by atoms with E-state index in [4.69, 9.17) is 18.9 Å². The molecule has 0 bridgehead atoms. The third kappa shape index (κ3) is 7.59. The van der Waals surface area contributed by atoms with E-state index in [0.717, 1.165) is 23.3 Å². The molecule has 2 aliphatic heterocycles. The summed E-state index contributed by atoms with van der Waals surface area (Å²) in [5.74, 6) is 1.24. The smallest absolute Gasteiger partial charge is 0.191 e. The second-order valence-electron chi connectivity index (χ2n) is 8.21. The fourth-order valence-corrected chi connectivity index (χ4v) is 4.85. The van der Waals surface area contributed by atoms with Crippen molar-refractivity contribution in [3.63, 3.8) is 0 Å². The Morgan fingerprint density at radius 2 is 1.28 bits per heavy atom. The molecule has 2 aromatic rings. The Morgan fingerprint density at radius 3 is 1.72 bits per heavy atom. The van der Waals surface area contributed by atoms with Gasteiger partial charge in [-0.2, -0.15) is 0 Å². The fourth-order valence-electron chi connectivity index (χ4n) is 4.03. The van der Waals surface area contributed by atoms with Gasteiger partial charge >= 0.3 is 0 Å². The average molecular weight is 531 g/mol. The van der Waals surface area contributed by atoms with Crippen molar-refractivity contribution in [2.24, 2.45) is 9.98 Å². The molecule has 0 N–H and O–H groups in total. The predicted octanol–water partition coefficient (Wildman–Crippen LogP) is 5.40. The van der Waals surface area contributed by atoms with Crippen LogP contribution < -0.4 is 0 Å². The molecule has 2 aliphatic rings. The van der Waals surface area contributed by atoms with E-state index in [-0.39, 0.29) is 30.7 Å². The quantitative estimate of drug-likeness (QED) is 0.301. The maximum absolute atomic E-state index is 10.6. The van der Waals surface area contributed by atoms with E-state index in [1.807, 2.05) is 25.3 Å². The number of rotatable bonds is 10. The summed E-state index contributed by atoms with van der Waals surface area (Å²) < 4.78 is 21.9. The SMILES string of the molecule is COC[C@@H]1N=C(C)O[C@H]1c1ccc(SC)cc1.COC[C@@H]1N=C(CC=O)O[C@H]1c1ccc(SC)cc1. The van der Waals surface area contributed by atoms with Crippen molar-refractivity contribution in [1.82, 2.24) is 0 Å². The predicted molar refractivity (Wildman–Crippen MR) is 147 cm³/mol. The summed E-state index contributed by atoms with van der Waals surface area (Å²) in [6.45, 7) is 2.96. The van der Waals surface area contributed by atoms with Crippen LogP contribution in [0.2, 0.25) is 0 Å². The Kier molecular flexibility index (Phi) is 11.3. The monoisotopic (exact) mass is 530 g/mol. The molecule has 9 heteroatoms. The summed E-state index contributed by atoms with van der Waals surface area (Å²) >= 11 is 3.44. The van der Waals surface area contributed by atoms with Gasteiger partial charge in [0.1, 0.15) is 30.6 Å². The Balaban J connectivity index is 0.000000202. The van der Waals surface area contributed by atoms with Crippen LogP contribution in [0.25, 0.3) is 0 Å². The van der Waals surface area contributed by atoms with E-state index >= 15 is 0 Å². The highest BCUT2D eigenvalue weighted by Gasteiger charge is 2.32. The molecule has 2 aromatic carbocycles. The maximum atomic E-state index is 10.6. The number of hydrogen-bond acceptors (Lipinski definition) is 9. The van der Waals surface area contributed by atoms with E-state index in [1.165, 1.54) is 9.79 Å². The Labute approximate surface area is 222 Å². The topological polar surface area (TPSA) is 78.7 Å². The highest BCUT2D eigenvalue weighted by Crippen LogP contribution is 2.32. The third-order valence-electron chi connectivity index (χ3n) is 5.74. The number of thioether (sulfide) groups is 2. The van der Waals surface area contributed by atoms with Crippen LogP contribution in [0.4, 0.5) is 0 Å². The van der Waals surface area contributed by atoms with Crippen LogP contribution in [0, 0.1) is 0 Å². The molecule has 0 saturated heterocycles. The minimum absolute atomic E-state index is 0.00847. The average Bonchev–Trinajstić information content (AvgIpc) is 3.48. The van der Waals surface area contributed by atoms with Gasteiger partial charge in [-0.05, 0) is 47.9 Å². The Bertz CT molecular complexity index is 1030. The third-order valence-corrected chi connectivity index (χ3v) is 7.23. The number of aliphatic imine (C=N–C) groups is 2. The normalized spacial score (nSPS) is 22.6. The molecule has 0 radical (unpaired) electrons. The number of carbonyl (C=O) groups excluding carboxylic acids is 1. The molecule has 36 heavy (non-hydrogen) atoms. The van der Waals surface area contributed by atoms with Crippen LogP contribution in [-0.4, -0.2) is 70.1 Å². The zero-order chi connectivity index (χ0) is 25.9. The van der Waals surface area contributed by atoms with Crippen LogP contribution >= 0.6 is 23.5 Å². The summed E-state index contributed by atoms with van der Waals surface area (Å²) in [7, 11) is 3.33. The highest BCUT2D eigenvalue weighted by atomic mass is 32.2. The summed E-state index contributed by atoms with van der Waals surface area (Å²) in [6.07, 6.45) is 4.97. The number of aldehydes is 1. The minimum atomic E-state index is -0.161. The van der Waals surface area contributed by atoms with E-state index in [9.17, 15) is 4.79 Å². The van der Waals surface area contributed by atoms with E-state index < -0.39 is 0 Å². The van der Waals surface area contributed by atoms with E-state index in [1.54, 1.807) is 37.7 Å². The van der Waals surface area contributed by atoms with Crippen molar-refractivity contribution in [3.8, 4) is 0 Å². The van der Waals surface area contributed by atoms with Gasteiger partial charge in [0.15, 0.2) is 11.8 Å². The number of ether oxygens (including phenoxy) is 4. The fraction of sp³-hybridized carbons (Fsp3) is 0.444. The van der Waals surface area contributed by atoms with Crippen molar-refractivity contribution in [1.29, 1.82) is 0 Å². The summed E-state index contributed by atoms with van der Waals surface area (Å²) in [5, 5.41) is 0. The summed E-state index contributed by atoms with van der Waals surface area (Å²) in [5.41, 5.74) is 2.22. The first-order valence-corrected chi connectivity index (χ1v) is 14.1. The second kappa shape index (κ2) is 14.4. The van der Waals surface area contributed by atoms with Crippen molar-refractivity contribution in [2.45, 2.75) is 47.4 Å². The first-order chi connectivity index (χ1) is 17.5. The first-order valence-electron chi connectivity index (χ1n) is 11.7. The molecule has 4 atom stereocenters. The second-order valence-corrected chi connectivity index (χ2v) is 9.97. The minimum Gasteiger partial charge on any atom is -0.471 e. The van der Waals surface area contributed by atoms with E-state index in [0.29, 0.717) is 19.1 Å². The van der Waals surface area contributed by atoms with Crippen molar-refractivity contribution >= 4 is 41.6 Å². The van der Waals surface area contributed by atoms with Crippen molar-refractivity contribution < 1.29 is 23.7 Å². The molecule has 0 unspecified atom stereocenters. The lowest BCUT2D eigenvalue weighted by molar-refractivity contribution is -0.107. The highest BCUT2D eigenvalue weighted by molar-refractivity contribution is 7.98. The van der Waals surface area contributed by atoms with Crippen LogP contribution in [0.3, 0.4) is 0 Å². The molecular formula is C27H34N2O5S2. The van der Waals surface area contributed by atoms with Gasteiger partial charge in [-0.1, -0.05) is 24.3 Å². The van der Waals surface area contributed by atoms with Gasteiger partial charge in [0.25, 0.3) is 0 Å². The van der Waals surface area contributed by atoms with Gasteiger partial charge in [0.05, 0.1) is 19.6 Å². The van der Waals surface area contributed by atoms with Crippen LogP contribution in [-0.2, 0) is 23.7 Å². The molecule has 4 rings (SSSR count). The summed E-state index contributed by atoms with van der Waals surface area (Å²) in [6, 6.07) is 16.6.